The van der Waals surface area contributed by atoms with Crippen LogP contribution in [0.2, 0.25) is 0 Å². The van der Waals surface area contributed by atoms with Crippen molar-refractivity contribution in [2.24, 2.45) is 0 Å². The first-order valence-corrected chi connectivity index (χ1v) is 13.7. The molecule has 4 aromatic carbocycles. The Morgan fingerprint density at radius 1 is 0.647 bits per heavy atom. The summed E-state index contributed by atoms with van der Waals surface area (Å²) in [6, 6.07) is 38.1. The average molecular weight is 558 g/mol. The second-order valence-electron chi connectivity index (χ2n) is 8.39. The Hall–Kier alpha value is -2.31. The fourth-order valence-electron chi connectivity index (χ4n) is 5.09. The van der Waals surface area contributed by atoms with Crippen LogP contribution < -0.4 is 28.1 Å². The molecule has 4 aromatic rings. The number of halogens is 2. The summed E-state index contributed by atoms with van der Waals surface area (Å²) in [5, 5.41) is 0. The third kappa shape index (κ3) is 4.50. The van der Waals surface area contributed by atoms with Crippen molar-refractivity contribution >= 4 is 6.48 Å². The number of fused-ring (bicyclic) bond motifs is 3. The molecule has 34 heavy (non-hydrogen) atoms. The van der Waals surface area contributed by atoms with Gasteiger partial charge in [0.15, 0.2) is 0 Å². The standard InChI is InChI=1S/C18H13.C13H10.2ClH.Zr/c1-2-8-13(7-1)18-16-11-5-3-9-14(16)15-10-4-6-12-17(15)18;1-3-7-12(8-4-1)11-13-9-5-2-6-10-13;;;/h1-7,9-11,18H,8H2;1-10H;2*1H;/q;;;;+2/p-2. The van der Waals surface area contributed by atoms with Crippen LogP contribution in [-0.2, 0) is 22.8 Å². The van der Waals surface area contributed by atoms with Crippen molar-refractivity contribution in [2.75, 3.05) is 0 Å². The number of hydrogen-bond donors (Lipinski definition) is 0. The van der Waals surface area contributed by atoms with Crippen LogP contribution in [0.15, 0.2) is 127 Å². The normalized spacial score (nSPS) is 14.7. The van der Waals surface area contributed by atoms with Gasteiger partial charge in [-0.3, -0.25) is 0 Å². The fourth-order valence-corrected chi connectivity index (χ4v) is 8.74. The van der Waals surface area contributed by atoms with Gasteiger partial charge in [-0.1, -0.05) is 0 Å². The molecule has 0 spiro atoms. The molecule has 0 aliphatic heterocycles. The van der Waals surface area contributed by atoms with Crippen LogP contribution in [0.1, 0.15) is 34.6 Å². The van der Waals surface area contributed by atoms with E-state index in [1.54, 1.807) is 12.0 Å². The summed E-state index contributed by atoms with van der Waals surface area (Å²) < 4.78 is 3.15. The topological polar surface area (TPSA) is 0 Å². The summed E-state index contributed by atoms with van der Waals surface area (Å²) in [5.74, 6) is 0.390. The smallest absolute Gasteiger partial charge is 1.00 e. The zero-order valence-electron chi connectivity index (χ0n) is 18.6. The molecular weight excluding hydrogens is 534 g/mol. The summed E-state index contributed by atoms with van der Waals surface area (Å²) in [6.45, 7) is 0. The SMILES string of the molecule is C1=CCC(C2c3ccccc3-c3ccc[c]([Zr+2]=[C](c4ccccc4)c4ccccc4)c32)=C1.[Cl-].[Cl-]. The van der Waals surface area contributed by atoms with Crippen LogP contribution in [0, 0.1) is 0 Å². The molecule has 165 valence electrons. The van der Waals surface area contributed by atoms with E-state index in [0.29, 0.717) is 5.92 Å². The molecule has 0 saturated heterocycles. The second kappa shape index (κ2) is 11.0. The Labute approximate surface area is 225 Å². The van der Waals surface area contributed by atoms with E-state index < -0.39 is 22.8 Å². The first-order chi connectivity index (χ1) is 15.9. The van der Waals surface area contributed by atoms with E-state index >= 15 is 0 Å². The Bertz CT molecular complexity index is 1340. The van der Waals surface area contributed by atoms with Gasteiger partial charge in [-0.15, -0.1) is 0 Å². The maximum absolute atomic E-state index is 2.42. The van der Waals surface area contributed by atoms with Gasteiger partial charge in [0.2, 0.25) is 0 Å². The van der Waals surface area contributed by atoms with Crippen LogP contribution in [0.25, 0.3) is 11.1 Å². The van der Waals surface area contributed by atoms with E-state index in [9.17, 15) is 0 Å². The van der Waals surface area contributed by atoms with E-state index in [4.69, 9.17) is 0 Å². The Morgan fingerprint density at radius 3 is 1.91 bits per heavy atom. The summed E-state index contributed by atoms with van der Waals surface area (Å²) in [5.41, 5.74) is 10.2. The molecule has 3 heteroatoms. The van der Waals surface area contributed by atoms with Crippen LogP contribution in [0.5, 0.6) is 0 Å². The quantitative estimate of drug-likeness (QED) is 0.346. The van der Waals surface area contributed by atoms with Crippen molar-refractivity contribution in [1.82, 2.24) is 0 Å². The molecule has 0 bridgehead atoms. The van der Waals surface area contributed by atoms with Gasteiger partial charge in [0.05, 0.1) is 0 Å². The zero-order chi connectivity index (χ0) is 21.3. The van der Waals surface area contributed by atoms with E-state index in [-0.39, 0.29) is 24.8 Å². The number of hydrogen-bond acceptors (Lipinski definition) is 0. The zero-order valence-corrected chi connectivity index (χ0v) is 22.6. The minimum absolute atomic E-state index is 0. The molecule has 0 radical (unpaired) electrons. The molecule has 0 heterocycles. The van der Waals surface area contributed by atoms with E-state index in [1.807, 2.05) is 0 Å². The molecule has 1 unspecified atom stereocenters. The van der Waals surface area contributed by atoms with Crippen molar-refractivity contribution in [3.05, 3.63) is 149 Å². The third-order valence-corrected chi connectivity index (χ3v) is 10.3. The number of benzene rings is 4. The maximum atomic E-state index is 2.42. The average Bonchev–Trinajstić information content (AvgIpc) is 3.50. The van der Waals surface area contributed by atoms with Crippen LogP contribution >= 0.6 is 0 Å². The van der Waals surface area contributed by atoms with Gasteiger partial charge < -0.3 is 24.8 Å². The molecule has 2 aliphatic carbocycles. The number of rotatable bonds is 4. The predicted octanol–water partition coefficient (Wildman–Crippen LogP) is 0.670. The van der Waals surface area contributed by atoms with Crippen molar-refractivity contribution in [3.8, 4) is 11.1 Å². The molecule has 1 atom stereocenters. The molecule has 2 aliphatic rings. The first kappa shape index (κ1) is 24.8. The van der Waals surface area contributed by atoms with Gasteiger partial charge in [0.25, 0.3) is 0 Å². The largest absolute Gasteiger partial charge is 1.00 e. The molecule has 0 amide bonds. The fraction of sp³-hybridized carbons (Fsp3) is 0.0645. The molecule has 0 N–H and O–H groups in total. The van der Waals surface area contributed by atoms with Crippen molar-refractivity contribution in [2.45, 2.75) is 12.3 Å². The monoisotopic (exact) mass is 555 g/mol. The second-order valence-corrected chi connectivity index (χ2v) is 11.6. The summed E-state index contributed by atoms with van der Waals surface area (Å²) in [7, 11) is 0. The Kier molecular flexibility index (Phi) is 8.00. The summed E-state index contributed by atoms with van der Waals surface area (Å²) in [4.78, 5) is 0. The van der Waals surface area contributed by atoms with Crippen molar-refractivity contribution in [1.29, 1.82) is 0 Å². The number of allylic oxidation sites excluding steroid dienone is 4. The predicted molar refractivity (Wildman–Crippen MR) is 131 cm³/mol. The van der Waals surface area contributed by atoms with Gasteiger partial charge in [-0.05, 0) is 0 Å². The Morgan fingerprint density at radius 2 is 1.26 bits per heavy atom. The molecular formula is C31H23Cl2Zr. The molecule has 0 fully saturated rings. The van der Waals surface area contributed by atoms with E-state index in [1.165, 1.54) is 33.4 Å². The Balaban J connectivity index is 0.00000137. The molecule has 0 aromatic heterocycles. The van der Waals surface area contributed by atoms with Crippen molar-refractivity contribution in [3.63, 3.8) is 0 Å². The van der Waals surface area contributed by atoms with Crippen LogP contribution in [0.3, 0.4) is 0 Å². The maximum Gasteiger partial charge on any atom is -1.00 e. The van der Waals surface area contributed by atoms with Gasteiger partial charge in [0, 0.05) is 0 Å². The van der Waals surface area contributed by atoms with Crippen LogP contribution in [-0.4, -0.2) is 3.21 Å². The van der Waals surface area contributed by atoms with Gasteiger partial charge in [-0.2, -0.15) is 0 Å². The minimum atomic E-state index is -1.09. The van der Waals surface area contributed by atoms with Gasteiger partial charge in [-0.25, -0.2) is 0 Å². The summed E-state index contributed by atoms with van der Waals surface area (Å²) in [6.07, 6.45) is 7.93. The first-order valence-electron chi connectivity index (χ1n) is 11.2. The van der Waals surface area contributed by atoms with Gasteiger partial charge in [0.1, 0.15) is 0 Å². The van der Waals surface area contributed by atoms with E-state index in [2.05, 4.69) is 121 Å². The van der Waals surface area contributed by atoms with Crippen LogP contribution in [0.4, 0.5) is 0 Å². The minimum Gasteiger partial charge on any atom is -1.00 e. The van der Waals surface area contributed by atoms with Crippen molar-refractivity contribution < 1.29 is 47.6 Å². The molecule has 0 nitrogen and oxygen atoms in total. The summed E-state index contributed by atoms with van der Waals surface area (Å²) >= 11 is -1.09. The van der Waals surface area contributed by atoms with E-state index in [0.717, 1.165) is 6.42 Å². The molecule has 0 saturated carbocycles. The molecule has 6 rings (SSSR count). The van der Waals surface area contributed by atoms with Gasteiger partial charge >= 0.3 is 202 Å². The third-order valence-electron chi connectivity index (χ3n) is 6.51.